The highest BCUT2D eigenvalue weighted by atomic mass is 79.9. The lowest BCUT2D eigenvalue weighted by atomic mass is 9.85. The zero-order valence-corrected chi connectivity index (χ0v) is 64.3. The van der Waals surface area contributed by atoms with Gasteiger partial charge >= 0.3 is 0 Å². The van der Waals surface area contributed by atoms with E-state index >= 15 is 0 Å². The van der Waals surface area contributed by atoms with Gasteiger partial charge in [0, 0.05) is 147 Å². The maximum Gasteiger partial charge on any atom is 0.130 e. The predicted molar refractivity (Wildman–Crippen MR) is 426 cm³/mol. The molecule has 103 heavy (non-hydrogen) atoms. The largest absolute Gasteiger partial charge is 0.396 e. The Bertz CT molecular complexity index is 4630. The van der Waals surface area contributed by atoms with Crippen LogP contribution in [0.4, 0.5) is 46.0 Å². The van der Waals surface area contributed by atoms with Crippen LogP contribution in [0.2, 0.25) is 0 Å². The number of hydrogen-bond acceptors (Lipinski definition) is 19. The molecule has 3 atom stereocenters. The molecule has 23 nitrogen and oxygen atoms in total. The third kappa shape index (κ3) is 19.7. The van der Waals surface area contributed by atoms with Crippen molar-refractivity contribution in [2.75, 3.05) is 62.4 Å². The molecular formula is C76H90Br4N20O3. The van der Waals surface area contributed by atoms with Gasteiger partial charge in [-0.25, -0.2) is 18.1 Å². The maximum absolute atomic E-state index is 9.92. The smallest absolute Gasteiger partial charge is 0.130 e. The number of nitrogens with zero attached hydrogens (tertiary/aromatic N) is 12. The molecule has 0 saturated heterocycles. The van der Waals surface area contributed by atoms with Crippen molar-refractivity contribution in [3.8, 4) is 0 Å². The molecule has 11 N–H and O–H groups in total. The Morgan fingerprint density at radius 3 is 1.21 bits per heavy atom. The average molecular weight is 1650 g/mol. The summed E-state index contributed by atoms with van der Waals surface area (Å²) in [6.45, 7) is 7.35. The quantitative estimate of drug-likeness (QED) is 0.0268. The molecule has 3 saturated carbocycles. The molecule has 12 heterocycles. The van der Waals surface area contributed by atoms with Crippen LogP contribution < -0.4 is 42.5 Å². The number of fused-ring (bicyclic) bond motifs is 4. The van der Waals surface area contributed by atoms with Crippen LogP contribution in [-0.2, 0) is 26.2 Å². The summed E-state index contributed by atoms with van der Waals surface area (Å²) < 4.78 is 11.4. The number of aromatic nitrogens is 12. The summed E-state index contributed by atoms with van der Waals surface area (Å²) in [4.78, 5) is 16.6. The van der Waals surface area contributed by atoms with Gasteiger partial charge in [-0.1, -0.05) is 83.1 Å². The van der Waals surface area contributed by atoms with Crippen LogP contribution in [0.1, 0.15) is 120 Å². The van der Waals surface area contributed by atoms with E-state index in [4.69, 9.17) is 0 Å². The molecule has 15 rings (SSSR count). The fourth-order valence-electron chi connectivity index (χ4n) is 13.5. The van der Waals surface area contributed by atoms with Gasteiger partial charge in [-0.15, -0.1) is 0 Å². The first-order valence-electron chi connectivity index (χ1n) is 35.4. The first-order chi connectivity index (χ1) is 50.3. The summed E-state index contributed by atoms with van der Waals surface area (Å²) in [5.41, 5.74) is 12.4. The van der Waals surface area contributed by atoms with Gasteiger partial charge in [0.2, 0.25) is 0 Å². The molecule has 0 aromatic carbocycles. The number of nitrogens with one attached hydrogen (secondary N) is 8. The van der Waals surface area contributed by atoms with Crippen LogP contribution in [0.15, 0.2) is 189 Å². The van der Waals surface area contributed by atoms with Gasteiger partial charge < -0.3 is 57.9 Å². The molecule has 0 unspecified atom stereocenters. The Morgan fingerprint density at radius 1 is 0.447 bits per heavy atom. The van der Waals surface area contributed by atoms with Crippen LogP contribution in [0.25, 0.3) is 22.1 Å². The van der Waals surface area contributed by atoms with Gasteiger partial charge in [0.25, 0.3) is 0 Å². The lowest BCUT2D eigenvalue weighted by Crippen LogP contribution is -2.39. The van der Waals surface area contributed by atoms with Crippen LogP contribution in [0.3, 0.4) is 0 Å². The first kappa shape index (κ1) is 74.3. The van der Waals surface area contributed by atoms with Crippen molar-refractivity contribution >= 4 is 132 Å². The van der Waals surface area contributed by atoms with Crippen LogP contribution >= 0.6 is 63.7 Å². The van der Waals surface area contributed by atoms with E-state index < -0.39 is 0 Å². The van der Waals surface area contributed by atoms with Gasteiger partial charge in [0.05, 0.1) is 89.5 Å². The minimum atomic E-state index is -0.217. The maximum atomic E-state index is 9.92. The molecule has 27 heteroatoms. The minimum Gasteiger partial charge on any atom is -0.396 e. The number of aliphatic hydroxyl groups is 3. The Kier molecular flexibility index (Phi) is 26.2. The summed E-state index contributed by atoms with van der Waals surface area (Å²) in [7, 11) is 0. The Morgan fingerprint density at radius 2 is 0.825 bits per heavy atom. The molecule has 12 aromatic rings. The topological polar surface area (TPSA) is 278 Å². The number of pyridine rings is 8. The van der Waals surface area contributed by atoms with E-state index in [9.17, 15) is 15.3 Å². The third-order valence-electron chi connectivity index (χ3n) is 19.2. The minimum absolute atomic E-state index is 0.00433. The third-order valence-corrected chi connectivity index (χ3v) is 21.6. The van der Waals surface area contributed by atoms with E-state index in [1.54, 1.807) is 37.2 Å². The Labute approximate surface area is 633 Å². The first-order valence-corrected chi connectivity index (χ1v) is 38.6. The van der Waals surface area contributed by atoms with E-state index in [0.717, 1.165) is 147 Å². The normalized spacial score (nSPS) is 16.1. The molecule has 0 spiro atoms. The highest BCUT2D eigenvalue weighted by Gasteiger charge is 2.33. The molecule has 12 aromatic heterocycles. The summed E-state index contributed by atoms with van der Waals surface area (Å²) in [5.74, 6) is 4.29. The molecule has 3 aliphatic rings. The molecule has 0 aliphatic heterocycles. The zero-order chi connectivity index (χ0) is 71.5. The van der Waals surface area contributed by atoms with Crippen molar-refractivity contribution < 1.29 is 15.3 Å². The molecule has 0 amide bonds. The fraction of sp³-hybridized carbons (Fsp3) is 0.368. The number of rotatable bonds is 24. The van der Waals surface area contributed by atoms with E-state index in [-0.39, 0.29) is 31.4 Å². The molecule has 0 bridgehead atoms. The SMILES string of the molecule is Brc1cnn2c(NCc3cccnc3)cc(NC3CCCCC3)cc12.CC(C)[C@@H](CO)Nc1cc(NCc2cccnc2)n2ncc(Br)c2c1.OCC1(Nc2cc(NCc3cccnc3)n3ncc(Br)c3c2)CCCC1.OC[C@H]1CCCC[C@H]1Nc1cc(NCc2cccnc2)n2ncc(Br)c2c1. The Hall–Kier alpha value is -8.44. The second-order valence-electron chi connectivity index (χ2n) is 26.9. The zero-order valence-electron chi connectivity index (χ0n) is 57.9. The van der Waals surface area contributed by atoms with Crippen LogP contribution in [0, 0.1) is 11.8 Å². The second-order valence-corrected chi connectivity index (χ2v) is 30.4. The molecule has 540 valence electrons. The number of aliphatic hydroxyl groups excluding tert-OH is 3. The van der Waals surface area contributed by atoms with Gasteiger partial charge in [-0.05, 0) is 179 Å². The van der Waals surface area contributed by atoms with Crippen molar-refractivity contribution in [2.24, 2.45) is 11.8 Å². The van der Waals surface area contributed by atoms with Gasteiger partial charge in [0.15, 0.2) is 0 Å². The highest BCUT2D eigenvalue weighted by Crippen LogP contribution is 2.37. The van der Waals surface area contributed by atoms with E-state index in [1.165, 1.54) is 44.9 Å². The van der Waals surface area contributed by atoms with Gasteiger partial charge in [-0.2, -0.15) is 20.4 Å². The molecule has 0 radical (unpaired) electrons. The predicted octanol–water partition coefficient (Wildman–Crippen LogP) is 16.3. The van der Waals surface area contributed by atoms with E-state index in [2.05, 4.69) is 203 Å². The lowest BCUT2D eigenvalue weighted by Gasteiger charge is -2.31. The van der Waals surface area contributed by atoms with E-state index in [0.29, 0.717) is 50.1 Å². The van der Waals surface area contributed by atoms with Crippen molar-refractivity contribution in [3.63, 3.8) is 0 Å². The van der Waals surface area contributed by atoms with Crippen LogP contribution in [0.5, 0.6) is 0 Å². The highest BCUT2D eigenvalue weighted by molar-refractivity contribution is 9.11. The number of anilines is 8. The number of halogens is 4. The average Bonchev–Trinajstić information content (AvgIpc) is 1.72. The van der Waals surface area contributed by atoms with E-state index in [1.807, 2.05) is 110 Å². The molecule has 3 fully saturated rings. The summed E-state index contributed by atoms with van der Waals surface area (Å²) >= 11 is 14.3. The second kappa shape index (κ2) is 36.3. The van der Waals surface area contributed by atoms with Gasteiger partial charge in [-0.3, -0.25) is 19.9 Å². The standard InChI is InChI=1S/C20H24BrN5O.C19H22BrN5O.C19H22BrN5.C18H22BrN5O/c21-17-12-24-26-19(17)8-16(25-18-6-2-1-5-15(18)13-27)9-20(26)23-11-14-4-3-7-22-10-14;20-16-12-23-25-17(16)8-15(24-19(13-26)5-1-2-6-19)9-18(25)22-11-14-4-3-7-21-10-14;20-17-13-23-25-18(17)9-16(24-15-6-2-1-3-7-15)10-19(25)22-12-14-5-4-8-21-11-14;1-12(2)16(11-25)23-14-6-17-15(19)10-22-24(17)18(7-14)21-9-13-4-3-5-20-8-13/h3-4,7-10,12,15,18,23,25,27H,1-2,5-6,11,13H2;3-4,7-10,12,22,24,26H,1-2,5-6,11,13H2;4-5,8-11,13,15,22,24H,1-3,6-7,12H2;3-8,10,12,16,21,23,25H,9,11H2,1-2H3/t15-,18-;;;16-/m1..1/s1. The Balaban J connectivity index is 0.000000129. The molecular weight excluding hydrogens is 1560 g/mol. The van der Waals surface area contributed by atoms with Crippen molar-refractivity contribution in [3.05, 3.63) is 212 Å². The fourth-order valence-corrected chi connectivity index (χ4v) is 15.0. The lowest BCUT2D eigenvalue weighted by molar-refractivity contribution is 0.178. The summed E-state index contributed by atoms with van der Waals surface area (Å²) in [6.07, 6.45) is 37.2. The number of hydrogen-bond donors (Lipinski definition) is 11. The van der Waals surface area contributed by atoms with Crippen molar-refractivity contribution in [1.29, 1.82) is 0 Å². The van der Waals surface area contributed by atoms with Crippen LogP contribution in [-0.4, -0.2) is 117 Å². The monoisotopic (exact) mass is 1650 g/mol. The van der Waals surface area contributed by atoms with Crippen molar-refractivity contribution in [1.82, 2.24) is 58.4 Å². The molecule has 3 aliphatic carbocycles. The van der Waals surface area contributed by atoms with Gasteiger partial charge in [0.1, 0.15) is 23.3 Å². The van der Waals surface area contributed by atoms with Crippen molar-refractivity contribution in [2.45, 2.75) is 147 Å². The summed E-state index contributed by atoms with van der Waals surface area (Å²) in [5, 5.41) is 75.2. The summed E-state index contributed by atoms with van der Waals surface area (Å²) in [6, 6.07) is 33.5.